The smallest absolute Gasteiger partial charge is 0.0433 e. The van der Waals surface area contributed by atoms with E-state index in [2.05, 4.69) is 133 Å². The van der Waals surface area contributed by atoms with Gasteiger partial charge in [0.2, 0.25) is 0 Å². The minimum absolute atomic E-state index is 1.14. The predicted molar refractivity (Wildman–Crippen MR) is 195 cm³/mol. The molecule has 0 aliphatic heterocycles. The van der Waals surface area contributed by atoms with Crippen LogP contribution in [0.1, 0.15) is 16.9 Å². The number of benzene rings is 7. The standard InChI is InChI=1S/C42H26S2/c1-2-10-30-29(9-1)37-23-25(27-13-7-15-35-33-11-3-5-17-39(33)43-41(27)35)19-21-31(37)32-22-20-26(24-38(30)32)28-14-8-16-36-34-12-4-6-18-40(34)44-42(28)36/h1-3,5-11,13-24H,4,12H2. The van der Waals surface area contributed by atoms with E-state index in [9.17, 15) is 0 Å². The molecule has 0 N–H and O–H groups in total. The molecule has 10 rings (SSSR count). The van der Waals surface area contributed by atoms with Crippen molar-refractivity contribution in [2.24, 2.45) is 0 Å². The fourth-order valence-corrected chi connectivity index (χ4v) is 10.0. The molecule has 1 aliphatic rings. The molecule has 0 saturated heterocycles. The highest BCUT2D eigenvalue weighted by molar-refractivity contribution is 7.26. The highest BCUT2D eigenvalue weighted by Gasteiger charge is 2.17. The van der Waals surface area contributed by atoms with Crippen molar-refractivity contribution in [3.63, 3.8) is 0 Å². The zero-order valence-corrected chi connectivity index (χ0v) is 25.6. The van der Waals surface area contributed by atoms with Gasteiger partial charge in [-0.15, -0.1) is 22.7 Å². The molecule has 2 heterocycles. The minimum atomic E-state index is 1.14. The molecule has 0 bridgehead atoms. The van der Waals surface area contributed by atoms with Crippen LogP contribution in [0.4, 0.5) is 0 Å². The third kappa shape index (κ3) is 3.50. The molecule has 0 amide bonds. The quantitative estimate of drug-likeness (QED) is 0.175. The van der Waals surface area contributed by atoms with Crippen LogP contribution in [0, 0.1) is 0 Å². The summed E-state index contributed by atoms with van der Waals surface area (Å²) in [6, 6.07) is 45.6. The topological polar surface area (TPSA) is 0 Å². The Balaban J connectivity index is 1.21. The highest BCUT2D eigenvalue weighted by atomic mass is 32.1. The van der Waals surface area contributed by atoms with E-state index in [0.717, 1.165) is 12.8 Å². The van der Waals surface area contributed by atoms with Gasteiger partial charge in [-0.25, -0.2) is 0 Å². The summed E-state index contributed by atoms with van der Waals surface area (Å²) in [6.07, 6.45) is 6.92. The molecular formula is C42H26S2. The van der Waals surface area contributed by atoms with Gasteiger partial charge in [0.1, 0.15) is 0 Å². The molecule has 0 radical (unpaired) electrons. The average molecular weight is 595 g/mol. The lowest BCUT2D eigenvalue weighted by molar-refractivity contribution is 1.01. The van der Waals surface area contributed by atoms with Crippen molar-refractivity contribution in [3.05, 3.63) is 138 Å². The van der Waals surface area contributed by atoms with E-state index in [1.807, 2.05) is 22.7 Å². The maximum atomic E-state index is 2.44. The molecule has 44 heavy (non-hydrogen) atoms. The molecule has 0 spiro atoms. The van der Waals surface area contributed by atoms with E-state index < -0.39 is 0 Å². The van der Waals surface area contributed by atoms with E-state index in [1.54, 1.807) is 0 Å². The first-order valence-corrected chi connectivity index (χ1v) is 17.0. The van der Waals surface area contributed by atoms with Crippen LogP contribution in [0.2, 0.25) is 0 Å². The molecule has 0 fully saturated rings. The van der Waals surface area contributed by atoms with Crippen LogP contribution in [0.25, 0.3) is 90.9 Å². The van der Waals surface area contributed by atoms with Crippen LogP contribution in [0.3, 0.4) is 0 Å². The van der Waals surface area contributed by atoms with Gasteiger partial charge < -0.3 is 0 Å². The number of hydrogen-bond acceptors (Lipinski definition) is 2. The van der Waals surface area contributed by atoms with Crippen molar-refractivity contribution >= 4 is 91.3 Å². The molecule has 206 valence electrons. The Kier molecular flexibility index (Phi) is 5.25. The van der Waals surface area contributed by atoms with Gasteiger partial charge in [0.15, 0.2) is 0 Å². The van der Waals surface area contributed by atoms with Gasteiger partial charge in [0.05, 0.1) is 0 Å². The van der Waals surface area contributed by atoms with Crippen LogP contribution in [-0.2, 0) is 6.42 Å². The lowest BCUT2D eigenvalue weighted by Crippen LogP contribution is -1.89. The largest absolute Gasteiger partial charge is 0.135 e. The Morgan fingerprint density at radius 3 is 1.70 bits per heavy atom. The van der Waals surface area contributed by atoms with Gasteiger partial charge in [-0.1, -0.05) is 109 Å². The fourth-order valence-electron chi connectivity index (χ4n) is 7.49. The summed E-state index contributed by atoms with van der Waals surface area (Å²) in [6.45, 7) is 0. The van der Waals surface area contributed by atoms with E-state index >= 15 is 0 Å². The first kappa shape index (κ1) is 24.7. The number of fused-ring (bicyclic) bond motifs is 12. The van der Waals surface area contributed by atoms with Crippen LogP contribution in [0.5, 0.6) is 0 Å². The molecule has 2 heteroatoms. The number of thiophene rings is 2. The van der Waals surface area contributed by atoms with Crippen molar-refractivity contribution < 1.29 is 0 Å². The Morgan fingerprint density at radius 1 is 0.432 bits per heavy atom. The molecule has 0 nitrogen and oxygen atoms in total. The van der Waals surface area contributed by atoms with Gasteiger partial charge in [0, 0.05) is 29.7 Å². The third-order valence-corrected chi connectivity index (χ3v) is 12.0. The molecular weight excluding hydrogens is 569 g/mol. The molecule has 0 saturated carbocycles. The zero-order valence-electron chi connectivity index (χ0n) is 23.9. The van der Waals surface area contributed by atoms with Crippen molar-refractivity contribution in [3.8, 4) is 22.3 Å². The molecule has 7 aromatic carbocycles. The lowest BCUT2D eigenvalue weighted by atomic mass is 9.90. The number of hydrogen-bond donors (Lipinski definition) is 0. The first-order valence-electron chi connectivity index (χ1n) is 15.3. The van der Waals surface area contributed by atoms with E-state index in [4.69, 9.17) is 0 Å². The fraction of sp³-hybridized carbons (Fsp3) is 0.0476. The Bertz CT molecular complexity index is 2640. The summed E-state index contributed by atoms with van der Waals surface area (Å²) in [4.78, 5) is 1.43. The monoisotopic (exact) mass is 594 g/mol. The van der Waals surface area contributed by atoms with Crippen molar-refractivity contribution in [1.29, 1.82) is 0 Å². The molecule has 9 aromatic rings. The average Bonchev–Trinajstić information content (AvgIpc) is 3.67. The van der Waals surface area contributed by atoms with Gasteiger partial charge >= 0.3 is 0 Å². The maximum Gasteiger partial charge on any atom is 0.0433 e. The molecule has 0 unspecified atom stereocenters. The van der Waals surface area contributed by atoms with Gasteiger partial charge in [-0.05, 0) is 103 Å². The maximum absolute atomic E-state index is 2.44. The normalized spacial score (nSPS) is 13.2. The summed E-state index contributed by atoms with van der Waals surface area (Å²) < 4.78 is 4.12. The summed E-state index contributed by atoms with van der Waals surface area (Å²) >= 11 is 3.85. The first-order chi connectivity index (χ1) is 21.8. The molecule has 2 aromatic heterocycles. The third-order valence-electron chi connectivity index (χ3n) is 9.54. The second-order valence-corrected chi connectivity index (χ2v) is 14.0. The van der Waals surface area contributed by atoms with Crippen LogP contribution in [0.15, 0.2) is 127 Å². The van der Waals surface area contributed by atoms with Crippen molar-refractivity contribution in [2.45, 2.75) is 12.8 Å². The Labute approximate surface area is 263 Å². The molecule has 1 aliphatic carbocycles. The Morgan fingerprint density at radius 2 is 1.00 bits per heavy atom. The predicted octanol–water partition coefficient (Wildman–Crippen LogP) is 13.0. The summed E-state index contributed by atoms with van der Waals surface area (Å²) in [5.41, 5.74) is 6.75. The molecule has 0 atom stereocenters. The van der Waals surface area contributed by atoms with Crippen LogP contribution >= 0.6 is 22.7 Å². The number of allylic oxidation sites excluding steroid dienone is 1. The zero-order chi connectivity index (χ0) is 28.8. The van der Waals surface area contributed by atoms with E-state index in [0.29, 0.717) is 0 Å². The highest BCUT2D eigenvalue weighted by Crippen LogP contribution is 2.45. The summed E-state index contributed by atoms with van der Waals surface area (Å²) in [7, 11) is 0. The SMILES string of the molecule is C1=Cc2sc3c(-c4ccc5c6ccc(-c7cccc8c7sc7ccccc78)cc6c6ccccc6c5c4)cccc3c2CC1. The number of aryl methyl sites for hydroxylation is 1. The van der Waals surface area contributed by atoms with Gasteiger partial charge in [-0.3, -0.25) is 0 Å². The minimum Gasteiger partial charge on any atom is -0.135 e. The number of rotatable bonds is 2. The summed E-state index contributed by atoms with van der Waals surface area (Å²) in [5, 5.41) is 12.0. The van der Waals surface area contributed by atoms with Gasteiger partial charge in [-0.2, -0.15) is 0 Å². The van der Waals surface area contributed by atoms with Gasteiger partial charge in [0.25, 0.3) is 0 Å². The lowest BCUT2D eigenvalue weighted by Gasteiger charge is -2.14. The van der Waals surface area contributed by atoms with Crippen LogP contribution in [-0.4, -0.2) is 0 Å². The van der Waals surface area contributed by atoms with Crippen LogP contribution < -0.4 is 0 Å². The summed E-state index contributed by atoms with van der Waals surface area (Å²) in [5.74, 6) is 0. The van der Waals surface area contributed by atoms with E-state index in [1.165, 1.54) is 95.3 Å². The Hall–Kier alpha value is -4.76. The van der Waals surface area contributed by atoms with Crippen molar-refractivity contribution in [2.75, 3.05) is 0 Å². The van der Waals surface area contributed by atoms with Crippen molar-refractivity contribution in [1.82, 2.24) is 0 Å². The van der Waals surface area contributed by atoms with E-state index in [-0.39, 0.29) is 0 Å². The second-order valence-electron chi connectivity index (χ2n) is 11.9. The second kappa shape index (κ2) is 9.37.